The number of aromatic nitrogens is 2. The van der Waals surface area contributed by atoms with Crippen LogP contribution in [0.15, 0.2) is 73.1 Å². The molecule has 1 heterocycles. The van der Waals surface area contributed by atoms with Crippen LogP contribution < -0.4 is 4.74 Å². The molecule has 0 amide bonds. The first-order valence-corrected chi connectivity index (χ1v) is 7.97. The number of benzene rings is 2. The van der Waals surface area contributed by atoms with Gasteiger partial charge in [0, 0.05) is 5.56 Å². The Morgan fingerprint density at radius 2 is 1.48 bits per heavy atom. The van der Waals surface area contributed by atoms with E-state index in [1.54, 1.807) is 12.4 Å². The van der Waals surface area contributed by atoms with E-state index in [-0.39, 0.29) is 0 Å². The van der Waals surface area contributed by atoms with E-state index in [1.165, 1.54) is 0 Å². The van der Waals surface area contributed by atoms with E-state index in [0.29, 0.717) is 23.7 Å². The van der Waals surface area contributed by atoms with Crippen molar-refractivity contribution in [1.29, 1.82) is 5.26 Å². The highest BCUT2D eigenvalue weighted by atomic mass is 16.5. The lowest BCUT2D eigenvalue weighted by Gasteiger charge is -2.06. The second-order valence-corrected chi connectivity index (χ2v) is 5.39. The molecule has 0 aliphatic rings. The van der Waals surface area contributed by atoms with Gasteiger partial charge in [-0.15, -0.1) is 0 Å². The lowest BCUT2D eigenvalue weighted by Crippen LogP contribution is -1.96. The van der Waals surface area contributed by atoms with Gasteiger partial charge in [-0.25, -0.2) is 9.97 Å². The second kappa shape index (κ2) is 7.89. The number of allylic oxidation sites excluding steroid dienone is 1. The van der Waals surface area contributed by atoms with E-state index >= 15 is 0 Å². The summed E-state index contributed by atoms with van der Waals surface area (Å²) in [6, 6.07) is 17.7. The largest absolute Gasteiger partial charge is 0.486 e. The average Bonchev–Trinajstić information content (AvgIpc) is 2.69. The summed E-state index contributed by atoms with van der Waals surface area (Å²) in [5.41, 5.74) is 3.75. The molecule has 0 saturated heterocycles. The summed E-state index contributed by atoms with van der Waals surface area (Å²) in [7, 11) is 0. The lowest BCUT2D eigenvalue weighted by molar-refractivity contribution is 0.359. The average molecular weight is 327 g/mol. The Hall–Kier alpha value is -3.45. The van der Waals surface area contributed by atoms with Crippen LogP contribution in [0.1, 0.15) is 12.5 Å². The highest BCUT2D eigenvalue weighted by molar-refractivity contribution is 5.68. The van der Waals surface area contributed by atoms with Crippen LogP contribution in [-0.4, -0.2) is 16.6 Å². The molecule has 0 fully saturated rings. The first kappa shape index (κ1) is 16.4. The molecule has 3 aromatic rings. The van der Waals surface area contributed by atoms with Crippen molar-refractivity contribution in [2.45, 2.75) is 6.92 Å². The van der Waals surface area contributed by atoms with E-state index in [4.69, 9.17) is 10.00 Å². The van der Waals surface area contributed by atoms with Crippen molar-refractivity contribution < 1.29 is 4.74 Å². The molecule has 4 nitrogen and oxygen atoms in total. The maximum absolute atomic E-state index is 8.87. The van der Waals surface area contributed by atoms with Crippen LogP contribution in [-0.2, 0) is 0 Å². The third-order valence-corrected chi connectivity index (χ3v) is 3.70. The first-order chi connectivity index (χ1) is 12.3. The molecule has 1 aromatic heterocycles. The smallest absolute Gasteiger partial charge is 0.159 e. The van der Waals surface area contributed by atoms with Gasteiger partial charge in [0.05, 0.1) is 24.0 Å². The fraction of sp³-hybridized carbons (Fsp3) is 0.0952. The molecular weight excluding hydrogens is 310 g/mol. The van der Waals surface area contributed by atoms with E-state index in [0.717, 1.165) is 16.7 Å². The quantitative estimate of drug-likeness (QED) is 0.641. The van der Waals surface area contributed by atoms with Crippen LogP contribution in [0.3, 0.4) is 0 Å². The van der Waals surface area contributed by atoms with Crippen LogP contribution in [0.25, 0.3) is 22.5 Å². The summed E-state index contributed by atoms with van der Waals surface area (Å²) in [4.78, 5) is 8.71. The molecule has 0 aliphatic heterocycles. The number of nitriles is 1. The highest BCUT2D eigenvalue weighted by Gasteiger charge is 2.04. The zero-order chi connectivity index (χ0) is 17.5. The van der Waals surface area contributed by atoms with Crippen molar-refractivity contribution in [2.75, 3.05) is 6.61 Å². The molecule has 2 aromatic carbocycles. The number of hydrogen-bond acceptors (Lipinski definition) is 4. The SMILES string of the molecule is C/C=C/COc1cnc(-c2ccc(-c3ccc(C#N)cc3)cc2)nc1. The minimum atomic E-state index is 0.512. The van der Waals surface area contributed by atoms with Gasteiger partial charge in [0.2, 0.25) is 0 Å². The Morgan fingerprint density at radius 1 is 0.920 bits per heavy atom. The molecule has 0 unspecified atom stereocenters. The van der Waals surface area contributed by atoms with E-state index in [9.17, 15) is 0 Å². The van der Waals surface area contributed by atoms with Crippen LogP contribution in [0.5, 0.6) is 5.75 Å². The summed E-state index contributed by atoms with van der Waals surface area (Å²) < 4.78 is 5.50. The Kier molecular flexibility index (Phi) is 5.18. The van der Waals surface area contributed by atoms with Crippen LogP contribution in [0.4, 0.5) is 0 Å². The van der Waals surface area contributed by atoms with Gasteiger partial charge in [-0.2, -0.15) is 5.26 Å². The van der Waals surface area contributed by atoms with Gasteiger partial charge in [-0.3, -0.25) is 0 Å². The molecule has 4 heteroatoms. The monoisotopic (exact) mass is 327 g/mol. The van der Waals surface area contributed by atoms with Gasteiger partial charge >= 0.3 is 0 Å². The number of rotatable bonds is 5. The van der Waals surface area contributed by atoms with E-state index in [1.807, 2.05) is 67.6 Å². The molecule has 0 bridgehead atoms. The number of hydrogen-bond donors (Lipinski definition) is 0. The second-order valence-electron chi connectivity index (χ2n) is 5.39. The van der Waals surface area contributed by atoms with Gasteiger partial charge in [-0.1, -0.05) is 48.6 Å². The number of nitrogens with zero attached hydrogens (tertiary/aromatic N) is 3. The summed E-state index contributed by atoms with van der Waals surface area (Å²) >= 11 is 0. The zero-order valence-corrected chi connectivity index (χ0v) is 13.9. The fourth-order valence-electron chi connectivity index (χ4n) is 2.33. The summed E-state index contributed by atoms with van der Waals surface area (Å²) in [5, 5.41) is 8.87. The molecule has 0 atom stereocenters. The van der Waals surface area contributed by atoms with Gasteiger partial charge in [0.15, 0.2) is 11.6 Å². The maximum Gasteiger partial charge on any atom is 0.159 e. The molecule has 3 rings (SSSR count). The molecule has 0 aliphatic carbocycles. The van der Waals surface area contributed by atoms with Crippen molar-refractivity contribution in [1.82, 2.24) is 9.97 Å². The topological polar surface area (TPSA) is 58.8 Å². The van der Waals surface area contributed by atoms with Gasteiger partial charge in [0.25, 0.3) is 0 Å². The Balaban J connectivity index is 1.74. The van der Waals surface area contributed by atoms with Crippen molar-refractivity contribution in [3.8, 4) is 34.3 Å². The molecule has 25 heavy (non-hydrogen) atoms. The first-order valence-electron chi connectivity index (χ1n) is 7.97. The molecular formula is C21H17N3O. The third-order valence-electron chi connectivity index (χ3n) is 3.70. The summed E-state index contributed by atoms with van der Waals surface area (Å²) in [5.74, 6) is 1.31. The van der Waals surface area contributed by atoms with Gasteiger partial charge in [0.1, 0.15) is 6.61 Å². The maximum atomic E-state index is 8.87. The van der Waals surface area contributed by atoms with E-state index < -0.39 is 0 Å². The minimum absolute atomic E-state index is 0.512. The van der Waals surface area contributed by atoms with Crippen molar-refractivity contribution in [3.63, 3.8) is 0 Å². The Morgan fingerprint density at radius 3 is 2.04 bits per heavy atom. The Labute approximate surface area is 147 Å². The van der Waals surface area contributed by atoms with Crippen LogP contribution >= 0.6 is 0 Å². The van der Waals surface area contributed by atoms with Gasteiger partial charge in [-0.05, 0) is 30.2 Å². The van der Waals surface area contributed by atoms with Crippen molar-refractivity contribution in [2.24, 2.45) is 0 Å². The van der Waals surface area contributed by atoms with E-state index in [2.05, 4.69) is 16.0 Å². The molecule has 0 N–H and O–H groups in total. The lowest BCUT2D eigenvalue weighted by atomic mass is 10.0. The normalized spacial score (nSPS) is 10.6. The third kappa shape index (κ3) is 4.10. The van der Waals surface area contributed by atoms with Crippen molar-refractivity contribution >= 4 is 0 Å². The van der Waals surface area contributed by atoms with Crippen LogP contribution in [0, 0.1) is 11.3 Å². The molecule has 0 spiro atoms. The predicted molar refractivity (Wildman–Crippen MR) is 97.9 cm³/mol. The fourth-order valence-corrected chi connectivity index (χ4v) is 2.33. The Bertz CT molecular complexity index is 890. The minimum Gasteiger partial charge on any atom is -0.486 e. The standard InChI is InChI=1S/C21H17N3O/c1-2-3-12-25-20-14-23-21(24-15-20)19-10-8-18(9-11-19)17-6-4-16(13-22)5-7-17/h2-11,14-15H,12H2,1H3/b3-2+. The molecule has 0 radical (unpaired) electrons. The summed E-state index contributed by atoms with van der Waals surface area (Å²) in [6.07, 6.45) is 7.22. The van der Waals surface area contributed by atoms with Crippen molar-refractivity contribution in [3.05, 3.63) is 78.6 Å². The predicted octanol–water partition coefficient (Wildman–Crippen LogP) is 4.64. The number of ether oxygens (including phenoxy) is 1. The molecule has 0 saturated carbocycles. The highest BCUT2D eigenvalue weighted by Crippen LogP contribution is 2.23. The molecule has 122 valence electrons. The summed E-state index contributed by atoms with van der Waals surface area (Å²) in [6.45, 7) is 2.46. The van der Waals surface area contributed by atoms with Gasteiger partial charge < -0.3 is 4.74 Å². The van der Waals surface area contributed by atoms with Crippen LogP contribution in [0.2, 0.25) is 0 Å². The zero-order valence-electron chi connectivity index (χ0n) is 13.9.